The van der Waals surface area contributed by atoms with Crippen molar-refractivity contribution in [3.8, 4) is 5.75 Å². The van der Waals surface area contributed by atoms with E-state index >= 15 is 0 Å². The highest BCUT2D eigenvalue weighted by atomic mass is 16.5. The van der Waals surface area contributed by atoms with Gasteiger partial charge in [-0.1, -0.05) is 54.6 Å². The maximum absolute atomic E-state index is 12.2. The second-order valence-electron chi connectivity index (χ2n) is 7.63. The fourth-order valence-electron chi connectivity index (χ4n) is 3.54. The maximum Gasteiger partial charge on any atom is 0.239 e. The fraction of sp³-hybridized carbons (Fsp3) is 0.360. The Labute approximate surface area is 190 Å². The highest BCUT2D eigenvalue weighted by Gasteiger charge is 2.19. The van der Waals surface area contributed by atoms with Crippen LogP contribution in [0, 0.1) is 0 Å². The lowest BCUT2D eigenvalue weighted by atomic mass is 10.2. The predicted molar refractivity (Wildman–Crippen MR) is 130 cm³/mol. The molecule has 1 fully saturated rings. The highest BCUT2D eigenvalue weighted by molar-refractivity contribution is 5.86. The van der Waals surface area contributed by atoms with Crippen LogP contribution in [0.4, 0.5) is 0 Å². The zero-order valence-electron chi connectivity index (χ0n) is 19.0. The Morgan fingerprint density at radius 3 is 2.41 bits per heavy atom. The van der Waals surface area contributed by atoms with Crippen LogP contribution < -0.4 is 15.4 Å². The zero-order chi connectivity index (χ0) is 22.6. The molecule has 0 saturated carbocycles. The molecule has 2 N–H and O–H groups in total. The van der Waals surface area contributed by atoms with Crippen molar-refractivity contribution in [1.82, 2.24) is 20.4 Å². The van der Waals surface area contributed by atoms with Crippen LogP contribution in [-0.4, -0.2) is 75.1 Å². The summed E-state index contributed by atoms with van der Waals surface area (Å²) in [5, 5.41) is 6.12. The van der Waals surface area contributed by atoms with Crippen LogP contribution in [0.1, 0.15) is 11.1 Å². The topological polar surface area (TPSA) is 69.2 Å². The summed E-state index contributed by atoms with van der Waals surface area (Å²) < 4.78 is 5.15. The van der Waals surface area contributed by atoms with E-state index in [0.29, 0.717) is 6.54 Å². The van der Waals surface area contributed by atoms with E-state index in [1.54, 1.807) is 14.2 Å². The predicted octanol–water partition coefficient (Wildman–Crippen LogP) is 2.22. The number of carbonyl (C=O) groups excluding carboxylic acids is 1. The number of aliphatic imine (C=N–C) groups is 1. The number of piperazine rings is 1. The van der Waals surface area contributed by atoms with E-state index in [-0.39, 0.29) is 12.5 Å². The van der Waals surface area contributed by atoms with Crippen molar-refractivity contribution in [1.29, 1.82) is 0 Å². The Hall–Kier alpha value is -3.32. The van der Waals surface area contributed by atoms with Gasteiger partial charge < -0.3 is 20.3 Å². The first kappa shape index (κ1) is 23.3. The number of benzene rings is 2. The number of carbonyl (C=O) groups is 1. The third-order valence-corrected chi connectivity index (χ3v) is 5.41. The minimum atomic E-state index is -0.0633. The van der Waals surface area contributed by atoms with E-state index in [4.69, 9.17) is 4.74 Å². The van der Waals surface area contributed by atoms with Gasteiger partial charge in [0.15, 0.2) is 5.96 Å². The number of amides is 1. The summed E-state index contributed by atoms with van der Waals surface area (Å²) in [6.45, 7) is 5.30. The first-order chi connectivity index (χ1) is 15.7. The summed E-state index contributed by atoms with van der Waals surface area (Å²) in [5.41, 5.74) is 2.25. The van der Waals surface area contributed by atoms with Crippen LogP contribution in [0.5, 0.6) is 5.75 Å². The molecule has 32 heavy (non-hydrogen) atoms. The molecule has 1 aliphatic rings. The molecule has 2 aromatic carbocycles. The van der Waals surface area contributed by atoms with Gasteiger partial charge in [0.2, 0.25) is 5.91 Å². The molecule has 0 bridgehead atoms. The summed E-state index contributed by atoms with van der Waals surface area (Å²) in [4.78, 5) is 21.2. The van der Waals surface area contributed by atoms with Crippen molar-refractivity contribution in [2.75, 3.05) is 53.4 Å². The van der Waals surface area contributed by atoms with Crippen molar-refractivity contribution in [3.05, 3.63) is 71.8 Å². The molecule has 0 aromatic heterocycles. The molecule has 7 heteroatoms. The van der Waals surface area contributed by atoms with Gasteiger partial charge in [0.1, 0.15) is 5.75 Å². The van der Waals surface area contributed by atoms with E-state index in [1.165, 1.54) is 5.56 Å². The third-order valence-electron chi connectivity index (χ3n) is 5.41. The second-order valence-corrected chi connectivity index (χ2v) is 7.63. The van der Waals surface area contributed by atoms with Gasteiger partial charge in [0, 0.05) is 46.3 Å². The van der Waals surface area contributed by atoms with Crippen molar-refractivity contribution < 1.29 is 9.53 Å². The van der Waals surface area contributed by atoms with Crippen molar-refractivity contribution >= 4 is 17.9 Å². The number of nitrogens with one attached hydrogen (secondary N) is 2. The van der Waals surface area contributed by atoms with Gasteiger partial charge in [-0.15, -0.1) is 0 Å². The van der Waals surface area contributed by atoms with E-state index in [1.807, 2.05) is 30.3 Å². The van der Waals surface area contributed by atoms with Gasteiger partial charge in [-0.25, -0.2) is 0 Å². The number of ether oxygens (including phenoxy) is 1. The molecule has 7 nitrogen and oxygen atoms in total. The highest BCUT2D eigenvalue weighted by Crippen LogP contribution is 2.11. The van der Waals surface area contributed by atoms with Gasteiger partial charge in [0.25, 0.3) is 0 Å². The standard InChI is InChI=1S/C25H33N5O2/c1-26-25(28-20-24(31)27-19-22-10-12-23(32-2)13-11-22)30-17-15-29(16-18-30)14-6-9-21-7-4-3-5-8-21/h3-13H,14-20H2,1-2H3,(H,26,28)(H,27,31)/b9-6+. The molecule has 170 valence electrons. The van der Waals surface area contributed by atoms with E-state index in [2.05, 4.69) is 61.8 Å². The van der Waals surface area contributed by atoms with Gasteiger partial charge in [-0.05, 0) is 23.3 Å². The Morgan fingerprint density at radius 1 is 1.03 bits per heavy atom. The van der Waals surface area contributed by atoms with Crippen LogP contribution in [0.3, 0.4) is 0 Å². The number of hydrogen-bond donors (Lipinski definition) is 2. The van der Waals surface area contributed by atoms with Gasteiger partial charge in [-0.3, -0.25) is 14.7 Å². The number of nitrogens with zero attached hydrogens (tertiary/aromatic N) is 3. The Morgan fingerprint density at radius 2 is 1.75 bits per heavy atom. The fourth-order valence-corrected chi connectivity index (χ4v) is 3.54. The summed E-state index contributed by atoms with van der Waals surface area (Å²) in [6, 6.07) is 18.0. The number of hydrogen-bond acceptors (Lipinski definition) is 4. The molecule has 0 spiro atoms. The summed E-state index contributed by atoms with van der Waals surface area (Å²) in [6.07, 6.45) is 4.38. The molecule has 1 saturated heterocycles. The molecule has 1 aliphatic heterocycles. The first-order valence-electron chi connectivity index (χ1n) is 11.0. The van der Waals surface area contributed by atoms with Crippen molar-refractivity contribution in [3.63, 3.8) is 0 Å². The van der Waals surface area contributed by atoms with Gasteiger partial charge in [-0.2, -0.15) is 0 Å². The number of rotatable bonds is 8. The SMILES string of the molecule is CN=C(NCC(=O)NCc1ccc(OC)cc1)N1CCN(C/C=C/c2ccccc2)CC1. The molecular weight excluding hydrogens is 402 g/mol. The average Bonchev–Trinajstić information content (AvgIpc) is 2.85. The molecular formula is C25H33N5O2. The van der Waals surface area contributed by atoms with Gasteiger partial charge >= 0.3 is 0 Å². The lowest BCUT2D eigenvalue weighted by Crippen LogP contribution is -2.53. The molecule has 0 radical (unpaired) electrons. The normalized spacial score (nSPS) is 15.1. The van der Waals surface area contributed by atoms with E-state index in [9.17, 15) is 4.79 Å². The molecule has 3 rings (SSSR count). The van der Waals surface area contributed by atoms with Crippen molar-refractivity contribution in [2.24, 2.45) is 4.99 Å². The second kappa shape index (κ2) is 12.5. The van der Waals surface area contributed by atoms with Crippen LogP contribution >= 0.6 is 0 Å². The van der Waals surface area contributed by atoms with Crippen LogP contribution in [0.2, 0.25) is 0 Å². The quantitative estimate of drug-likeness (QED) is 0.492. The van der Waals surface area contributed by atoms with Crippen molar-refractivity contribution in [2.45, 2.75) is 6.54 Å². The molecule has 0 atom stereocenters. The molecule has 1 amide bonds. The van der Waals surface area contributed by atoms with E-state index in [0.717, 1.165) is 50.0 Å². The average molecular weight is 436 g/mol. The zero-order valence-corrected chi connectivity index (χ0v) is 19.0. The minimum absolute atomic E-state index is 0.0633. The largest absolute Gasteiger partial charge is 0.497 e. The third kappa shape index (κ3) is 7.42. The summed E-state index contributed by atoms with van der Waals surface area (Å²) in [7, 11) is 3.39. The van der Waals surface area contributed by atoms with Crippen LogP contribution in [0.25, 0.3) is 6.08 Å². The molecule has 1 heterocycles. The van der Waals surface area contributed by atoms with E-state index < -0.39 is 0 Å². The lowest BCUT2D eigenvalue weighted by molar-refractivity contribution is -0.120. The van der Waals surface area contributed by atoms with Crippen LogP contribution in [0.15, 0.2) is 65.7 Å². The van der Waals surface area contributed by atoms with Crippen LogP contribution in [-0.2, 0) is 11.3 Å². The minimum Gasteiger partial charge on any atom is -0.497 e. The summed E-state index contributed by atoms with van der Waals surface area (Å²) in [5.74, 6) is 1.51. The summed E-state index contributed by atoms with van der Waals surface area (Å²) >= 11 is 0. The lowest BCUT2D eigenvalue weighted by Gasteiger charge is -2.36. The monoisotopic (exact) mass is 435 g/mol. The van der Waals surface area contributed by atoms with Gasteiger partial charge in [0.05, 0.1) is 13.7 Å². The number of guanidine groups is 1. The molecule has 2 aromatic rings. The Balaban J connectivity index is 1.35. The molecule has 0 aliphatic carbocycles. The first-order valence-corrected chi connectivity index (χ1v) is 11.0. The molecule has 0 unspecified atom stereocenters. The Kier molecular flexibility index (Phi) is 9.13. The Bertz CT molecular complexity index is 888. The smallest absolute Gasteiger partial charge is 0.239 e. The number of methoxy groups -OCH3 is 1. The maximum atomic E-state index is 12.2.